The van der Waals surface area contributed by atoms with Crippen molar-refractivity contribution < 1.29 is 4.79 Å². The Bertz CT molecular complexity index is 579. The molecule has 0 radical (unpaired) electrons. The van der Waals surface area contributed by atoms with E-state index >= 15 is 0 Å². The molecule has 0 saturated heterocycles. The molecule has 1 heterocycles. The maximum absolute atomic E-state index is 12.0. The van der Waals surface area contributed by atoms with Crippen molar-refractivity contribution in [1.29, 1.82) is 0 Å². The minimum absolute atomic E-state index is 0.0687. The second kappa shape index (κ2) is 5.19. The number of nitrogen functional groups attached to an aromatic ring is 1. The quantitative estimate of drug-likeness (QED) is 0.863. The maximum Gasteiger partial charge on any atom is 0.185 e. The third kappa shape index (κ3) is 2.87. The summed E-state index contributed by atoms with van der Waals surface area (Å²) in [5.74, 6) is -0.0687. The number of nitrogens with zero attached hydrogens (tertiary/aromatic N) is 1. The van der Waals surface area contributed by atoms with Gasteiger partial charge in [-0.1, -0.05) is 23.7 Å². The molecule has 0 aliphatic carbocycles. The first-order valence-corrected chi connectivity index (χ1v) is 5.94. The van der Waals surface area contributed by atoms with Gasteiger partial charge in [-0.3, -0.25) is 9.78 Å². The van der Waals surface area contributed by atoms with Crippen LogP contribution in [0.2, 0.25) is 5.02 Å². The summed E-state index contributed by atoms with van der Waals surface area (Å²) in [6.07, 6.45) is 1.72. The van der Waals surface area contributed by atoms with Gasteiger partial charge in [0.25, 0.3) is 0 Å². The maximum atomic E-state index is 12.0. The fourth-order valence-corrected chi connectivity index (χ4v) is 1.93. The highest BCUT2D eigenvalue weighted by Gasteiger charge is 2.10. The number of carbonyl (C=O) groups is 1. The van der Waals surface area contributed by atoms with E-state index in [2.05, 4.69) is 4.98 Å². The Hall–Kier alpha value is -1.87. The average Bonchev–Trinajstić information content (AvgIpc) is 2.33. The van der Waals surface area contributed by atoms with E-state index in [4.69, 9.17) is 17.3 Å². The van der Waals surface area contributed by atoms with Crippen molar-refractivity contribution in [2.24, 2.45) is 0 Å². The number of benzene rings is 1. The van der Waals surface area contributed by atoms with Gasteiger partial charge in [0, 0.05) is 11.4 Å². The van der Waals surface area contributed by atoms with Gasteiger partial charge in [-0.2, -0.15) is 0 Å². The Morgan fingerprint density at radius 1 is 1.33 bits per heavy atom. The second-order valence-electron chi connectivity index (χ2n) is 4.17. The zero-order chi connectivity index (χ0) is 13.1. The molecular weight excluding hydrogens is 248 g/mol. The lowest BCUT2D eigenvalue weighted by Crippen LogP contribution is -2.06. The Morgan fingerprint density at radius 2 is 2.11 bits per heavy atom. The molecule has 1 aromatic carbocycles. The number of pyridine rings is 1. The van der Waals surface area contributed by atoms with Crippen LogP contribution in [-0.2, 0) is 6.42 Å². The summed E-state index contributed by atoms with van der Waals surface area (Å²) in [6, 6.07) is 8.94. The van der Waals surface area contributed by atoms with Crippen molar-refractivity contribution in [2.45, 2.75) is 13.3 Å². The fraction of sp³-hybridized carbons (Fsp3) is 0.143. The molecule has 0 spiro atoms. The number of aryl methyl sites for hydroxylation is 1. The molecule has 0 saturated carbocycles. The number of aromatic nitrogens is 1. The first-order valence-electron chi connectivity index (χ1n) is 5.56. The lowest BCUT2D eigenvalue weighted by molar-refractivity contribution is 0.0988. The molecule has 4 heteroatoms. The summed E-state index contributed by atoms with van der Waals surface area (Å²) in [4.78, 5) is 16.0. The van der Waals surface area contributed by atoms with E-state index in [1.165, 1.54) is 6.20 Å². The van der Waals surface area contributed by atoms with Gasteiger partial charge in [0.1, 0.15) is 5.69 Å². The molecular formula is C14H13ClN2O. The van der Waals surface area contributed by atoms with Gasteiger partial charge in [-0.15, -0.1) is 0 Å². The molecule has 0 unspecified atom stereocenters. The van der Waals surface area contributed by atoms with E-state index < -0.39 is 0 Å². The molecule has 0 fully saturated rings. The van der Waals surface area contributed by atoms with E-state index in [9.17, 15) is 4.79 Å². The van der Waals surface area contributed by atoms with Crippen molar-refractivity contribution in [3.05, 3.63) is 58.4 Å². The van der Waals surface area contributed by atoms with Crippen LogP contribution in [0, 0.1) is 6.92 Å². The number of halogens is 1. The molecule has 0 bridgehead atoms. The van der Waals surface area contributed by atoms with E-state index in [1.54, 1.807) is 12.1 Å². The largest absolute Gasteiger partial charge is 0.397 e. The molecule has 3 nitrogen and oxygen atoms in total. The van der Waals surface area contributed by atoms with E-state index in [-0.39, 0.29) is 12.2 Å². The van der Waals surface area contributed by atoms with Crippen LogP contribution >= 0.6 is 11.6 Å². The number of rotatable bonds is 3. The molecule has 2 aromatic rings. The number of ketones is 1. The molecule has 92 valence electrons. The second-order valence-corrected chi connectivity index (χ2v) is 4.58. The molecule has 18 heavy (non-hydrogen) atoms. The molecule has 0 aliphatic heterocycles. The summed E-state index contributed by atoms with van der Waals surface area (Å²) in [5, 5.41) is 0.610. The lowest BCUT2D eigenvalue weighted by atomic mass is 10.0. The average molecular weight is 261 g/mol. The lowest BCUT2D eigenvalue weighted by Gasteiger charge is -2.04. The summed E-state index contributed by atoms with van der Waals surface area (Å²) >= 11 is 6.09. The summed E-state index contributed by atoms with van der Waals surface area (Å²) in [5.41, 5.74) is 8.35. The number of nitrogens with two attached hydrogens (primary N) is 1. The zero-order valence-corrected chi connectivity index (χ0v) is 10.7. The third-order valence-electron chi connectivity index (χ3n) is 2.63. The highest BCUT2D eigenvalue weighted by molar-refractivity contribution is 6.31. The van der Waals surface area contributed by atoms with E-state index in [0.29, 0.717) is 16.4 Å². The van der Waals surface area contributed by atoms with Crippen molar-refractivity contribution in [2.75, 3.05) is 5.73 Å². The predicted molar refractivity (Wildman–Crippen MR) is 72.9 cm³/mol. The molecule has 2 N–H and O–H groups in total. The monoisotopic (exact) mass is 260 g/mol. The standard InChI is InChI=1S/C14H13ClN2O/c1-9-2-3-10(12(15)6-9)7-14(18)13-5-4-11(16)8-17-13/h2-6,8H,7,16H2,1H3. The van der Waals surface area contributed by atoms with Gasteiger partial charge in [0.2, 0.25) is 0 Å². The van der Waals surface area contributed by atoms with Gasteiger partial charge >= 0.3 is 0 Å². The smallest absolute Gasteiger partial charge is 0.185 e. The first kappa shape index (κ1) is 12.6. The summed E-state index contributed by atoms with van der Waals surface area (Å²) in [7, 11) is 0. The summed E-state index contributed by atoms with van der Waals surface area (Å²) in [6.45, 7) is 1.96. The SMILES string of the molecule is Cc1ccc(CC(=O)c2ccc(N)cn2)c(Cl)c1. The Kier molecular flexibility index (Phi) is 3.63. The van der Waals surface area contributed by atoms with Gasteiger partial charge in [0.05, 0.1) is 11.9 Å². The molecule has 1 aromatic heterocycles. The van der Waals surface area contributed by atoms with Crippen LogP contribution in [-0.4, -0.2) is 10.8 Å². The highest BCUT2D eigenvalue weighted by Crippen LogP contribution is 2.19. The van der Waals surface area contributed by atoms with Crippen molar-refractivity contribution >= 4 is 23.1 Å². The molecule has 0 atom stereocenters. The minimum atomic E-state index is -0.0687. The third-order valence-corrected chi connectivity index (χ3v) is 2.98. The van der Waals surface area contributed by atoms with Crippen LogP contribution in [0.5, 0.6) is 0 Å². The van der Waals surface area contributed by atoms with E-state index in [0.717, 1.165) is 11.1 Å². The number of carbonyl (C=O) groups excluding carboxylic acids is 1. The van der Waals surface area contributed by atoms with Crippen LogP contribution < -0.4 is 5.73 Å². The van der Waals surface area contributed by atoms with Crippen molar-refractivity contribution in [1.82, 2.24) is 4.98 Å². The topological polar surface area (TPSA) is 56.0 Å². The molecule has 2 rings (SSSR count). The number of hydrogen-bond acceptors (Lipinski definition) is 3. The van der Waals surface area contributed by atoms with Crippen LogP contribution in [0.3, 0.4) is 0 Å². The van der Waals surface area contributed by atoms with Crippen LogP contribution in [0.15, 0.2) is 36.5 Å². The Balaban J connectivity index is 2.18. The van der Waals surface area contributed by atoms with Gasteiger partial charge in [-0.25, -0.2) is 0 Å². The number of anilines is 1. The number of hydrogen-bond donors (Lipinski definition) is 1. The zero-order valence-electron chi connectivity index (χ0n) is 9.98. The highest BCUT2D eigenvalue weighted by atomic mass is 35.5. The van der Waals surface area contributed by atoms with Crippen molar-refractivity contribution in [3.8, 4) is 0 Å². The Morgan fingerprint density at radius 3 is 2.72 bits per heavy atom. The van der Waals surface area contributed by atoms with Crippen LogP contribution in [0.4, 0.5) is 5.69 Å². The first-order chi connectivity index (χ1) is 8.56. The van der Waals surface area contributed by atoms with Crippen LogP contribution in [0.25, 0.3) is 0 Å². The van der Waals surface area contributed by atoms with Gasteiger partial charge < -0.3 is 5.73 Å². The summed E-state index contributed by atoms with van der Waals surface area (Å²) < 4.78 is 0. The Labute approximate surface area is 111 Å². The minimum Gasteiger partial charge on any atom is -0.397 e. The van der Waals surface area contributed by atoms with E-state index in [1.807, 2.05) is 25.1 Å². The molecule has 0 aliphatic rings. The van der Waals surface area contributed by atoms with Crippen LogP contribution in [0.1, 0.15) is 21.6 Å². The number of Topliss-reactive ketones (excluding diaryl/α,β-unsaturated/α-hetero) is 1. The molecule has 0 amide bonds. The van der Waals surface area contributed by atoms with Crippen molar-refractivity contribution in [3.63, 3.8) is 0 Å². The normalized spacial score (nSPS) is 10.3. The van der Waals surface area contributed by atoms with Gasteiger partial charge in [0.15, 0.2) is 5.78 Å². The van der Waals surface area contributed by atoms with Gasteiger partial charge in [-0.05, 0) is 36.2 Å². The fourth-order valence-electron chi connectivity index (χ4n) is 1.63. The predicted octanol–water partition coefficient (Wildman–Crippen LogP) is 3.05.